The smallest absolute Gasteiger partial charge is 0.100 e. The molecule has 0 aliphatic carbocycles. The van der Waals surface area contributed by atoms with Crippen LogP contribution < -0.4 is 0 Å². The largest absolute Gasteiger partial charge is 0.250 e. The van der Waals surface area contributed by atoms with E-state index in [-0.39, 0.29) is 6.67 Å². The quantitative estimate of drug-likeness (QED) is 0.482. The standard InChI is InChI=1S/C7H11F/c1-2-3-4-5-6-7-8/h2-3,6-7H2,1H3. The van der Waals surface area contributed by atoms with Crippen molar-refractivity contribution in [2.45, 2.75) is 26.2 Å². The third-order valence-corrected chi connectivity index (χ3v) is 0.719. The van der Waals surface area contributed by atoms with Crippen molar-refractivity contribution in [3.63, 3.8) is 0 Å². The van der Waals surface area contributed by atoms with Crippen LogP contribution in [0.3, 0.4) is 0 Å². The van der Waals surface area contributed by atoms with Crippen LogP contribution in [0.15, 0.2) is 0 Å². The second-order valence-electron chi connectivity index (χ2n) is 1.54. The van der Waals surface area contributed by atoms with Gasteiger partial charge in [-0.1, -0.05) is 6.92 Å². The summed E-state index contributed by atoms with van der Waals surface area (Å²) in [5.41, 5.74) is 0. The van der Waals surface area contributed by atoms with Gasteiger partial charge in [0.05, 0.1) is 0 Å². The van der Waals surface area contributed by atoms with E-state index in [1.807, 2.05) is 0 Å². The van der Waals surface area contributed by atoms with Crippen LogP contribution in [0.4, 0.5) is 4.39 Å². The minimum absolute atomic E-state index is 0.309. The fourth-order valence-electron chi connectivity index (χ4n) is 0.349. The highest BCUT2D eigenvalue weighted by Crippen LogP contribution is 1.82. The molecule has 46 valence electrons. The van der Waals surface area contributed by atoms with E-state index in [0.717, 1.165) is 12.8 Å². The Morgan fingerprint density at radius 2 is 1.88 bits per heavy atom. The molecule has 0 aromatic rings. The van der Waals surface area contributed by atoms with E-state index < -0.39 is 0 Å². The summed E-state index contributed by atoms with van der Waals surface area (Å²) >= 11 is 0. The summed E-state index contributed by atoms with van der Waals surface area (Å²) in [5.74, 6) is 5.56. The molecule has 0 N–H and O–H groups in total. The highest BCUT2D eigenvalue weighted by atomic mass is 19.1. The molecule has 0 aliphatic heterocycles. The molecule has 0 amide bonds. The predicted molar refractivity (Wildman–Crippen MR) is 33.3 cm³/mol. The van der Waals surface area contributed by atoms with Crippen LogP contribution in [0.25, 0.3) is 0 Å². The molecule has 0 spiro atoms. The minimum Gasteiger partial charge on any atom is -0.250 e. The summed E-state index contributed by atoms with van der Waals surface area (Å²) in [6.45, 7) is 1.75. The lowest BCUT2D eigenvalue weighted by Crippen LogP contribution is -1.68. The van der Waals surface area contributed by atoms with E-state index in [4.69, 9.17) is 0 Å². The fourth-order valence-corrected chi connectivity index (χ4v) is 0.349. The van der Waals surface area contributed by atoms with Crippen molar-refractivity contribution in [1.29, 1.82) is 0 Å². The van der Waals surface area contributed by atoms with Crippen LogP contribution in [-0.2, 0) is 0 Å². The number of halogens is 1. The lowest BCUT2D eigenvalue weighted by atomic mass is 10.3. The summed E-state index contributed by atoms with van der Waals surface area (Å²) in [6, 6.07) is 0. The minimum atomic E-state index is -0.309. The first-order valence-corrected chi connectivity index (χ1v) is 2.93. The highest BCUT2D eigenvalue weighted by Gasteiger charge is 1.72. The van der Waals surface area contributed by atoms with Gasteiger partial charge in [0, 0.05) is 12.8 Å². The molecule has 0 bridgehead atoms. The Morgan fingerprint density at radius 3 is 2.38 bits per heavy atom. The maximum Gasteiger partial charge on any atom is 0.100 e. The monoisotopic (exact) mass is 114 g/mol. The molecule has 0 radical (unpaired) electrons. The van der Waals surface area contributed by atoms with E-state index in [0.29, 0.717) is 6.42 Å². The van der Waals surface area contributed by atoms with Gasteiger partial charge in [-0.25, -0.2) is 0 Å². The maximum absolute atomic E-state index is 11.3. The van der Waals surface area contributed by atoms with Gasteiger partial charge >= 0.3 is 0 Å². The van der Waals surface area contributed by atoms with Crippen LogP contribution in [0, 0.1) is 11.8 Å². The van der Waals surface area contributed by atoms with E-state index in [1.54, 1.807) is 0 Å². The van der Waals surface area contributed by atoms with Gasteiger partial charge in [-0.05, 0) is 6.42 Å². The Morgan fingerprint density at radius 1 is 1.25 bits per heavy atom. The lowest BCUT2D eigenvalue weighted by Gasteiger charge is -1.76. The molecule has 0 nitrogen and oxygen atoms in total. The molecule has 8 heavy (non-hydrogen) atoms. The Labute approximate surface area is 50.1 Å². The third-order valence-electron chi connectivity index (χ3n) is 0.719. The van der Waals surface area contributed by atoms with Crippen molar-refractivity contribution >= 4 is 0 Å². The summed E-state index contributed by atoms with van der Waals surface area (Å²) < 4.78 is 11.3. The molecular formula is C7H11F. The van der Waals surface area contributed by atoms with Crippen molar-refractivity contribution < 1.29 is 4.39 Å². The first-order valence-electron chi connectivity index (χ1n) is 2.93. The van der Waals surface area contributed by atoms with E-state index in [1.165, 1.54) is 0 Å². The Balaban J connectivity index is 2.95. The predicted octanol–water partition coefficient (Wildman–Crippen LogP) is 2.15. The first-order chi connectivity index (χ1) is 3.91. The van der Waals surface area contributed by atoms with Crippen LogP contribution in [0.2, 0.25) is 0 Å². The van der Waals surface area contributed by atoms with Crippen LogP contribution >= 0.6 is 0 Å². The summed E-state index contributed by atoms with van der Waals surface area (Å²) in [7, 11) is 0. The number of hydrogen-bond acceptors (Lipinski definition) is 0. The molecule has 0 saturated carbocycles. The number of alkyl halides is 1. The molecule has 1 heteroatoms. The average Bonchev–Trinajstić information content (AvgIpc) is 1.81. The van der Waals surface area contributed by atoms with Crippen molar-refractivity contribution in [3.8, 4) is 11.8 Å². The van der Waals surface area contributed by atoms with Crippen LogP contribution in [-0.4, -0.2) is 6.67 Å². The first kappa shape index (κ1) is 7.49. The summed E-state index contributed by atoms with van der Waals surface area (Å²) in [6.07, 6.45) is 2.37. The van der Waals surface area contributed by atoms with Crippen LogP contribution in [0.1, 0.15) is 26.2 Å². The Bertz CT molecular complexity index is 76.3. The Kier molecular flexibility index (Phi) is 6.08. The maximum atomic E-state index is 11.3. The third kappa shape index (κ3) is 5.49. The topological polar surface area (TPSA) is 0 Å². The average molecular weight is 114 g/mol. The normalized spacial score (nSPS) is 7.75. The molecule has 0 aromatic heterocycles. The van der Waals surface area contributed by atoms with Gasteiger partial charge in [-0.2, -0.15) is 0 Å². The van der Waals surface area contributed by atoms with E-state index in [9.17, 15) is 4.39 Å². The molecule has 0 atom stereocenters. The zero-order valence-corrected chi connectivity index (χ0v) is 5.21. The number of unbranched alkanes of at least 4 members (excludes halogenated alkanes) is 1. The summed E-state index contributed by atoms with van der Waals surface area (Å²) in [5, 5.41) is 0. The van der Waals surface area contributed by atoms with Crippen molar-refractivity contribution in [3.05, 3.63) is 0 Å². The van der Waals surface area contributed by atoms with Gasteiger partial charge in [0.1, 0.15) is 6.67 Å². The van der Waals surface area contributed by atoms with Gasteiger partial charge in [-0.15, -0.1) is 11.8 Å². The zero-order valence-electron chi connectivity index (χ0n) is 5.21. The van der Waals surface area contributed by atoms with Crippen molar-refractivity contribution in [2.24, 2.45) is 0 Å². The van der Waals surface area contributed by atoms with Gasteiger partial charge in [0.2, 0.25) is 0 Å². The van der Waals surface area contributed by atoms with E-state index >= 15 is 0 Å². The number of rotatable bonds is 2. The zero-order chi connectivity index (χ0) is 6.24. The molecule has 0 rings (SSSR count). The number of hydrogen-bond donors (Lipinski definition) is 0. The fraction of sp³-hybridized carbons (Fsp3) is 0.714. The van der Waals surface area contributed by atoms with Gasteiger partial charge in [-0.3, -0.25) is 4.39 Å². The summed E-state index contributed by atoms with van der Waals surface area (Å²) in [4.78, 5) is 0. The highest BCUT2D eigenvalue weighted by molar-refractivity contribution is 4.97. The van der Waals surface area contributed by atoms with Gasteiger partial charge in [0.25, 0.3) is 0 Å². The Hall–Kier alpha value is -0.510. The van der Waals surface area contributed by atoms with Crippen LogP contribution in [0.5, 0.6) is 0 Å². The second-order valence-corrected chi connectivity index (χ2v) is 1.54. The lowest BCUT2D eigenvalue weighted by molar-refractivity contribution is 0.505. The molecule has 0 saturated heterocycles. The van der Waals surface area contributed by atoms with Crippen molar-refractivity contribution in [1.82, 2.24) is 0 Å². The molecular weight excluding hydrogens is 103 g/mol. The molecule has 0 heterocycles. The molecule has 0 aliphatic rings. The second kappa shape index (κ2) is 6.49. The molecule has 0 fully saturated rings. The van der Waals surface area contributed by atoms with Gasteiger partial charge < -0.3 is 0 Å². The van der Waals surface area contributed by atoms with Crippen molar-refractivity contribution in [2.75, 3.05) is 6.67 Å². The molecule has 0 aromatic carbocycles. The van der Waals surface area contributed by atoms with E-state index in [2.05, 4.69) is 18.8 Å². The SMILES string of the molecule is CCCC#CCCF. The van der Waals surface area contributed by atoms with Gasteiger partial charge in [0.15, 0.2) is 0 Å². The molecule has 0 unspecified atom stereocenters.